The number of ether oxygens (including phenoxy) is 2. The summed E-state index contributed by atoms with van der Waals surface area (Å²) in [6.07, 6.45) is 2.51. The molecule has 138 valence electrons. The van der Waals surface area contributed by atoms with Gasteiger partial charge in [-0.05, 0) is 43.2 Å². The molecule has 1 aromatic carbocycles. The van der Waals surface area contributed by atoms with E-state index in [0.717, 1.165) is 42.7 Å². The normalized spacial score (nSPS) is 10.8. The van der Waals surface area contributed by atoms with Crippen molar-refractivity contribution in [2.45, 2.75) is 19.9 Å². The Balaban J connectivity index is 0.00000312. The fourth-order valence-corrected chi connectivity index (χ4v) is 2.26. The highest BCUT2D eigenvalue weighted by Crippen LogP contribution is 2.27. The van der Waals surface area contributed by atoms with E-state index in [1.54, 1.807) is 20.5 Å². The minimum atomic E-state index is 0. The Bertz CT molecular complexity index is 645. The van der Waals surface area contributed by atoms with Gasteiger partial charge in [-0.2, -0.15) is 0 Å². The number of rotatable bonds is 8. The van der Waals surface area contributed by atoms with Gasteiger partial charge in [0.2, 0.25) is 0 Å². The van der Waals surface area contributed by atoms with Gasteiger partial charge in [0, 0.05) is 13.1 Å². The van der Waals surface area contributed by atoms with E-state index in [4.69, 9.17) is 13.9 Å². The van der Waals surface area contributed by atoms with Gasteiger partial charge in [-0.1, -0.05) is 6.07 Å². The average Bonchev–Trinajstić information content (AvgIpc) is 3.13. The van der Waals surface area contributed by atoms with Gasteiger partial charge in [-0.25, -0.2) is 4.99 Å². The summed E-state index contributed by atoms with van der Waals surface area (Å²) in [4.78, 5) is 4.50. The van der Waals surface area contributed by atoms with Gasteiger partial charge in [-0.15, -0.1) is 24.0 Å². The third-order valence-corrected chi connectivity index (χ3v) is 3.47. The van der Waals surface area contributed by atoms with Crippen molar-refractivity contribution in [2.75, 3.05) is 27.3 Å². The van der Waals surface area contributed by atoms with Gasteiger partial charge in [0.05, 0.1) is 20.5 Å². The molecule has 1 aromatic heterocycles. The monoisotopic (exact) mass is 459 g/mol. The molecule has 0 aliphatic heterocycles. The summed E-state index contributed by atoms with van der Waals surface area (Å²) in [6, 6.07) is 9.73. The number of furan rings is 1. The molecule has 0 saturated heterocycles. The van der Waals surface area contributed by atoms with Crippen molar-refractivity contribution in [3.05, 3.63) is 47.9 Å². The molecule has 25 heavy (non-hydrogen) atoms. The Morgan fingerprint density at radius 1 is 1.12 bits per heavy atom. The Morgan fingerprint density at radius 3 is 2.56 bits per heavy atom. The maximum atomic E-state index is 5.33. The molecule has 0 amide bonds. The molecule has 0 saturated carbocycles. The van der Waals surface area contributed by atoms with Crippen LogP contribution in [0.1, 0.15) is 18.2 Å². The standard InChI is InChI=1S/C18H25N3O3.HI/c1-4-19-18(21-13-15-6-5-11-24-15)20-10-9-14-7-8-16(22-2)17(12-14)23-3;/h5-8,11-12H,4,9-10,13H2,1-3H3,(H2,19,20,21);1H. The summed E-state index contributed by atoms with van der Waals surface area (Å²) in [5.41, 5.74) is 1.17. The second-order valence-electron chi connectivity index (χ2n) is 5.14. The number of hydrogen-bond acceptors (Lipinski definition) is 4. The van der Waals surface area contributed by atoms with Crippen molar-refractivity contribution < 1.29 is 13.9 Å². The van der Waals surface area contributed by atoms with Crippen LogP contribution < -0.4 is 20.1 Å². The SMILES string of the molecule is CCNC(=NCc1ccco1)NCCc1ccc(OC)c(OC)c1.I. The van der Waals surface area contributed by atoms with Crippen LogP contribution in [-0.2, 0) is 13.0 Å². The van der Waals surface area contributed by atoms with Crippen molar-refractivity contribution in [1.82, 2.24) is 10.6 Å². The average molecular weight is 459 g/mol. The number of methoxy groups -OCH3 is 2. The van der Waals surface area contributed by atoms with Gasteiger partial charge in [0.25, 0.3) is 0 Å². The first-order valence-corrected chi connectivity index (χ1v) is 8.02. The minimum absolute atomic E-state index is 0. The van der Waals surface area contributed by atoms with Crippen LogP contribution in [-0.4, -0.2) is 33.3 Å². The zero-order valence-corrected chi connectivity index (χ0v) is 17.2. The molecule has 0 bridgehead atoms. The highest BCUT2D eigenvalue weighted by Gasteiger charge is 2.05. The van der Waals surface area contributed by atoms with Crippen molar-refractivity contribution in [3.63, 3.8) is 0 Å². The lowest BCUT2D eigenvalue weighted by Gasteiger charge is -2.12. The van der Waals surface area contributed by atoms with Crippen LogP contribution in [0.2, 0.25) is 0 Å². The summed E-state index contributed by atoms with van der Waals surface area (Å²) in [5, 5.41) is 6.55. The van der Waals surface area contributed by atoms with E-state index in [-0.39, 0.29) is 24.0 Å². The van der Waals surface area contributed by atoms with E-state index >= 15 is 0 Å². The largest absolute Gasteiger partial charge is 0.493 e. The van der Waals surface area contributed by atoms with E-state index in [0.29, 0.717) is 6.54 Å². The van der Waals surface area contributed by atoms with E-state index < -0.39 is 0 Å². The second-order valence-corrected chi connectivity index (χ2v) is 5.14. The summed E-state index contributed by atoms with van der Waals surface area (Å²) in [5.74, 6) is 3.09. The van der Waals surface area contributed by atoms with Gasteiger partial charge >= 0.3 is 0 Å². The van der Waals surface area contributed by atoms with Crippen LogP contribution in [0.5, 0.6) is 11.5 Å². The predicted octanol–water partition coefficient (Wildman–Crippen LogP) is 3.21. The Morgan fingerprint density at radius 2 is 1.92 bits per heavy atom. The van der Waals surface area contributed by atoms with Crippen LogP contribution in [0.15, 0.2) is 46.0 Å². The van der Waals surface area contributed by atoms with Crippen LogP contribution in [0.4, 0.5) is 0 Å². The number of halogens is 1. The first-order valence-electron chi connectivity index (χ1n) is 8.02. The Labute approximate surface area is 166 Å². The molecule has 0 atom stereocenters. The highest BCUT2D eigenvalue weighted by molar-refractivity contribution is 14.0. The molecule has 0 spiro atoms. The number of hydrogen-bond donors (Lipinski definition) is 2. The molecule has 0 radical (unpaired) electrons. The Kier molecular flexibility index (Phi) is 9.83. The first kappa shape index (κ1) is 21.1. The van der Waals surface area contributed by atoms with Gasteiger partial charge in [0.1, 0.15) is 12.3 Å². The third kappa shape index (κ3) is 6.85. The lowest BCUT2D eigenvalue weighted by atomic mass is 10.1. The summed E-state index contributed by atoms with van der Waals surface area (Å²) >= 11 is 0. The fraction of sp³-hybridized carbons (Fsp3) is 0.389. The molecule has 2 aromatic rings. The molecule has 1 heterocycles. The summed E-state index contributed by atoms with van der Waals surface area (Å²) in [7, 11) is 3.28. The fourth-order valence-electron chi connectivity index (χ4n) is 2.26. The maximum Gasteiger partial charge on any atom is 0.191 e. The molecule has 6 nitrogen and oxygen atoms in total. The first-order chi connectivity index (χ1) is 11.8. The quantitative estimate of drug-likeness (QED) is 0.361. The lowest BCUT2D eigenvalue weighted by molar-refractivity contribution is 0.354. The van der Waals surface area contributed by atoms with E-state index in [9.17, 15) is 0 Å². The third-order valence-electron chi connectivity index (χ3n) is 3.47. The van der Waals surface area contributed by atoms with Gasteiger partial charge in [-0.3, -0.25) is 0 Å². The van der Waals surface area contributed by atoms with Crippen molar-refractivity contribution in [2.24, 2.45) is 4.99 Å². The van der Waals surface area contributed by atoms with Crippen LogP contribution in [0, 0.1) is 0 Å². The maximum absolute atomic E-state index is 5.33. The van der Waals surface area contributed by atoms with Crippen molar-refractivity contribution in [3.8, 4) is 11.5 Å². The zero-order chi connectivity index (χ0) is 17.2. The lowest BCUT2D eigenvalue weighted by Crippen LogP contribution is -2.38. The zero-order valence-electron chi connectivity index (χ0n) is 14.9. The minimum Gasteiger partial charge on any atom is -0.493 e. The molecular formula is C18H26IN3O3. The highest BCUT2D eigenvalue weighted by atomic mass is 127. The molecule has 0 unspecified atom stereocenters. The molecule has 2 N–H and O–H groups in total. The van der Waals surface area contributed by atoms with Gasteiger partial charge < -0.3 is 24.5 Å². The van der Waals surface area contributed by atoms with E-state index in [1.165, 1.54) is 5.56 Å². The van der Waals surface area contributed by atoms with E-state index in [1.807, 2.05) is 37.3 Å². The summed E-state index contributed by atoms with van der Waals surface area (Å²) < 4.78 is 15.9. The van der Waals surface area contributed by atoms with Crippen molar-refractivity contribution in [1.29, 1.82) is 0 Å². The number of nitrogens with zero attached hydrogens (tertiary/aromatic N) is 1. The molecule has 0 aliphatic rings. The molecule has 0 aliphatic carbocycles. The number of benzene rings is 1. The molecule has 7 heteroatoms. The van der Waals surface area contributed by atoms with Crippen LogP contribution >= 0.6 is 24.0 Å². The van der Waals surface area contributed by atoms with Crippen LogP contribution in [0.3, 0.4) is 0 Å². The number of nitrogens with one attached hydrogen (secondary N) is 2. The van der Waals surface area contributed by atoms with Crippen LogP contribution in [0.25, 0.3) is 0 Å². The Hall–Kier alpha value is -1.90. The summed E-state index contributed by atoms with van der Waals surface area (Å²) in [6.45, 7) is 4.12. The number of aliphatic imine (C=N–C) groups is 1. The van der Waals surface area contributed by atoms with E-state index in [2.05, 4.69) is 15.6 Å². The molecule has 2 rings (SSSR count). The topological polar surface area (TPSA) is 68.0 Å². The smallest absolute Gasteiger partial charge is 0.191 e. The predicted molar refractivity (Wildman–Crippen MR) is 110 cm³/mol. The molecular weight excluding hydrogens is 433 g/mol. The van der Waals surface area contributed by atoms with Crippen molar-refractivity contribution >= 4 is 29.9 Å². The van der Waals surface area contributed by atoms with Gasteiger partial charge in [0.15, 0.2) is 17.5 Å². The number of guanidine groups is 1. The second kappa shape index (κ2) is 11.6. The molecule has 0 fully saturated rings.